The van der Waals surface area contributed by atoms with E-state index in [4.69, 9.17) is 9.84 Å². The number of hydrogen-bond donors (Lipinski definition) is 2. The van der Waals surface area contributed by atoms with E-state index in [0.717, 1.165) is 0 Å². The first kappa shape index (κ1) is 17.5. The van der Waals surface area contributed by atoms with Crippen LogP contribution in [0.25, 0.3) is 0 Å². The van der Waals surface area contributed by atoms with Gasteiger partial charge in [-0.15, -0.1) is 0 Å². The molecule has 6 nitrogen and oxygen atoms in total. The first-order valence-electron chi connectivity index (χ1n) is 5.43. The molecule has 2 N–H and O–H groups in total. The van der Waals surface area contributed by atoms with E-state index in [9.17, 15) is 9.59 Å². The topological polar surface area (TPSA) is 88.5 Å². The van der Waals surface area contributed by atoms with Gasteiger partial charge in [0.1, 0.15) is 11.3 Å². The Morgan fingerprint density at radius 2 is 2.05 bits per heavy atom. The SMILES string of the molecule is CC(C)(C)OC(=O)NCc1ccc(C(=O)O)nc1.[H-].[Li+]. The smallest absolute Gasteiger partial charge is 1.00 e. The molecular weight excluding hydrogens is 243 g/mol. The minimum absolute atomic E-state index is 0. The number of alkyl carbamates (subject to hydrolysis) is 1. The van der Waals surface area contributed by atoms with Crippen LogP contribution >= 0.6 is 0 Å². The van der Waals surface area contributed by atoms with E-state index < -0.39 is 17.7 Å². The fourth-order valence-electron chi connectivity index (χ4n) is 1.14. The van der Waals surface area contributed by atoms with Gasteiger partial charge in [-0.3, -0.25) is 0 Å². The molecule has 0 bridgehead atoms. The molecule has 100 valence electrons. The van der Waals surface area contributed by atoms with Crippen molar-refractivity contribution in [3.63, 3.8) is 0 Å². The summed E-state index contributed by atoms with van der Waals surface area (Å²) in [7, 11) is 0. The summed E-state index contributed by atoms with van der Waals surface area (Å²) in [6.45, 7) is 5.56. The minimum atomic E-state index is -1.08. The van der Waals surface area contributed by atoms with Crippen molar-refractivity contribution < 1.29 is 39.7 Å². The van der Waals surface area contributed by atoms with Crippen LogP contribution in [0.1, 0.15) is 38.2 Å². The summed E-state index contributed by atoms with van der Waals surface area (Å²) in [6.07, 6.45) is 0.880. The summed E-state index contributed by atoms with van der Waals surface area (Å²) in [6, 6.07) is 2.97. The van der Waals surface area contributed by atoms with Gasteiger partial charge >= 0.3 is 30.9 Å². The third kappa shape index (κ3) is 6.84. The van der Waals surface area contributed by atoms with Crippen LogP contribution in [-0.4, -0.2) is 27.8 Å². The van der Waals surface area contributed by atoms with Crippen molar-refractivity contribution in [1.29, 1.82) is 0 Å². The first-order valence-corrected chi connectivity index (χ1v) is 5.43. The van der Waals surface area contributed by atoms with E-state index in [1.807, 2.05) is 0 Å². The Morgan fingerprint density at radius 3 is 2.47 bits per heavy atom. The second-order valence-corrected chi connectivity index (χ2v) is 4.71. The fraction of sp³-hybridized carbons (Fsp3) is 0.417. The fourth-order valence-corrected chi connectivity index (χ4v) is 1.14. The number of carbonyl (C=O) groups excluding carboxylic acids is 1. The number of nitrogens with zero attached hydrogens (tertiary/aromatic N) is 1. The van der Waals surface area contributed by atoms with Crippen LogP contribution in [0.15, 0.2) is 18.3 Å². The van der Waals surface area contributed by atoms with Crippen molar-refractivity contribution in [1.82, 2.24) is 10.3 Å². The quantitative estimate of drug-likeness (QED) is 0.675. The Labute approximate surface area is 125 Å². The van der Waals surface area contributed by atoms with Crippen molar-refractivity contribution in [2.45, 2.75) is 32.9 Å². The second-order valence-electron chi connectivity index (χ2n) is 4.71. The zero-order valence-corrected chi connectivity index (χ0v) is 11.6. The van der Waals surface area contributed by atoms with Gasteiger partial charge in [-0.25, -0.2) is 14.6 Å². The van der Waals surface area contributed by atoms with Crippen LogP contribution < -0.4 is 24.2 Å². The van der Waals surface area contributed by atoms with E-state index in [2.05, 4.69) is 10.3 Å². The predicted molar refractivity (Wildman–Crippen MR) is 65.4 cm³/mol. The molecule has 0 aliphatic rings. The summed E-state index contributed by atoms with van der Waals surface area (Å²) in [5.41, 5.74) is 0.122. The molecule has 0 saturated carbocycles. The van der Waals surface area contributed by atoms with E-state index in [-0.39, 0.29) is 32.5 Å². The molecule has 0 atom stereocenters. The maximum Gasteiger partial charge on any atom is 1.00 e. The molecule has 0 aromatic carbocycles. The molecule has 1 aromatic rings. The number of carboxylic acids is 1. The number of rotatable bonds is 3. The Hall–Kier alpha value is -1.51. The third-order valence-corrected chi connectivity index (χ3v) is 1.88. The van der Waals surface area contributed by atoms with Gasteiger partial charge in [0.15, 0.2) is 0 Å². The molecule has 1 heterocycles. The molecule has 7 heteroatoms. The molecule has 0 aliphatic heterocycles. The van der Waals surface area contributed by atoms with Gasteiger partial charge in [0, 0.05) is 12.7 Å². The zero-order chi connectivity index (χ0) is 13.8. The van der Waals surface area contributed by atoms with Crippen molar-refractivity contribution >= 4 is 12.1 Å². The number of ether oxygens (including phenoxy) is 1. The summed E-state index contributed by atoms with van der Waals surface area (Å²) in [5, 5.41) is 11.2. The monoisotopic (exact) mass is 260 g/mol. The van der Waals surface area contributed by atoms with Crippen molar-refractivity contribution in [3.8, 4) is 0 Å². The number of carboxylic acid groups (broad SMARTS) is 1. The largest absolute Gasteiger partial charge is 1.00 e. The number of amides is 1. The molecular formula is C12H17LiN2O4. The van der Waals surface area contributed by atoms with Gasteiger partial charge in [0.25, 0.3) is 0 Å². The molecule has 0 aliphatic carbocycles. The maximum absolute atomic E-state index is 11.4. The predicted octanol–water partition coefficient (Wildman–Crippen LogP) is -1.08. The molecule has 0 fully saturated rings. The molecule has 0 unspecified atom stereocenters. The van der Waals surface area contributed by atoms with Gasteiger partial charge in [-0.05, 0) is 32.4 Å². The Kier molecular flexibility index (Phi) is 6.60. The standard InChI is InChI=1S/C12H16N2O4.Li.H/c1-12(2,3)18-11(17)14-7-8-4-5-9(10(15)16)13-6-8;;/h4-6H,7H2,1-3H3,(H,14,17)(H,15,16);;/q;+1;-1. The van der Waals surface area contributed by atoms with E-state index >= 15 is 0 Å². The number of pyridine rings is 1. The molecule has 1 rings (SSSR count). The van der Waals surface area contributed by atoms with Crippen molar-refractivity contribution in [3.05, 3.63) is 29.6 Å². The summed E-state index contributed by atoms with van der Waals surface area (Å²) < 4.78 is 5.06. The van der Waals surface area contributed by atoms with Gasteiger partial charge in [-0.1, -0.05) is 6.07 Å². The van der Waals surface area contributed by atoms with Gasteiger partial charge in [0.2, 0.25) is 0 Å². The second kappa shape index (κ2) is 7.17. The summed E-state index contributed by atoms with van der Waals surface area (Å²) in [5.74, 6) is -1.08. The summed E-state index contributed by atoms with van der Waals surface area (Å²) >= 11 is 0. The van der Waals surface area contributed by atoms with Gasteiger partial charge < -0.3 is 16.6 Å². The number of aromatic nitrogens is 1. The summed E-state index contributed by atoms with van der Waals surface area (Å²) in [4.78, 5) is 25.7. The normalized spacial score (nSPS) is 10.3. The number of carbonyl (C=O) groups is 2. The zero-order valence-electron chi connectivity index (χ0n) is 12.6. The van der Waals surface area contributed by atoms with E-state index in [1.54, 1.807) is 26.8 Å². The van der Waals surface area contributed by atoms with Crippen LogP contribution in [0.4, 0.5) is 4.79 Å². The molecule has 19 heavy (non-hydrogen) atoms. The number of hydrogen-bond acceptors (Lipinski definition) is 4. The molecule has 0 spiro atoms. The Morgan fingerprint density at radius 1 is 1.42 bits per heavy atom. The average molecular weight is 260 g/mol. The van der Waals surface area contributed by atoms with E-state index in [0.29, 0.717) is 5.56 Å². The average Bonchev–Trinajstić information content (AvgIpc) is 2.24. The molecule has 1 aromatic heterocycles. The number of nitrogens with one attached hydrogen (secondary N) is 1. The van der Waals surface area contributed by atoms with Crippen LogP contribution in [0.5, 0.6) is 0 Å². The third-order valence-electron chi connectivity index (χ3n) is 1.88. The van der Waals surface area contributed by atoms with Gasteiger partial charge in [-0.2, -0.15) is 0 Å². The van der Waals surface area contributed by atoms with Crippen LogP contribution in [0.2, 0.25) is 0 Å². The maximum atomic E-state index is 11.4. The van der Waals surface area contributed by atoms with Crippen LogP contribution in [0.3, 0.4) is 0 Å². The van der Waals surface area contributed by atoms with Crippen molar-refractivity contribution in [2.75, 3.05) is 0 Å². The molecule has 1 amide bonds. The van der Waals surface area contributed by atoms with Crippen LogP contribution in [0, 0.1) is 0 Å². The minimum Gasteiger partial charge on any atom is -1.00 e. The number of aromatic carboxylic acids is 1. The van der Waals surface area contributed by atoms with Gasteiger partial charge in [0.05, 0.1) is 0 Å². The molecule has 0 saturated heterocycles. The Bertz CT molecular complexity index is 446. The van der Waals surface area contributed by atoms with Crippen molar-refractivity contribution in [2.24, 2.45) is 0 Å². The first-order chi connectivity index (χ1) is 8.28. The Balaban J connectivity index is 0. The molecule has 0 radical (unpaired) electrons. The van der Waals surface area contributed by atoms with E-state index in [1.165, 1.54) is 12.3 Å². The van der Waals surface area contributed by atoms with Crippen LogP contribution in [-0.2, 0) is 11.3 Å².